The molecular formula is C14H16N6. The van der Waals surface area contributed by atoms with Crippen LogP contribution in [0.3, 0.4) is 0 Å². The van der Waals surface area contributed by atoms with Crippen molar-refractivity contribution < 1.29 is 0 Å². The van der Waals surface area contributed by atoms with Gasteiger partial charge in [0.25, 0.3) is 0 Å². The van der Waals surface area contributed by atoms with E-state index in [2.05, 4.69) is 26.3 Å². The molecule has 102 valence electrons. The van der Waals surface area contributed by atoms with Crippen LogP contribution < -0.4 is 0 Å². The molecule has 2 aromatic rings. The van der Waals surface area contributed by atoms with E-state index in [1.807, 2.05) is 16.8 Å². The summed E-state index contributed by atoms with van der Waals surface area (Å²) in [5.41, 5.74) is 2.09. The Balaban J connectivity index is 1.84. The van der Waals surface area contributed by atoms with E-state index in [4.69, 9.17) is 0 Å². The van der Waals surface area contributed by atoms with Crippen LogP contribution in [0.5, 0.6) is 0 Å². The quantitative estimate of drug-likeness (QED) is 0.836. The Kier molecular flexibility index (Phi) is 3.70. The Morgan fingerprint density at radius 3 is 2.60 bits per heavy atom. The fourth-order valence-electron chi connectivity index (χ4n) is 2.58. The normalized spacial score (nSPS) is 15.3. The van der Waals surface area contributed by atoms with Crippen molar-refractivity contribution >= 4 is 0 Å². The molecule has 1 aliphatic heterocycles. The van der Waals surface area contributed by atoms with Gasteiger partial charge in [0.1, 0.15) is 11.8 Å². The van der Waals surface area contributed by atoms with Crippen LogP contribution in [0.1, 0.15) is 18.5 Å². The number of rotatable bonds is 4. The molecule has 20 heavy (non-hydrogen) atoms. The first-order valence-electron chi connectivity index (χ1n) is 6.85. The highest BCUT2D eigenvalue weighted by atomic mass is 15.4. The van der Waals surface area contributed by atoms with E-state index in [0.29, 0.717) is 5.69 Å². The number of likely N-dealkylation sites (tertiary alicyclic amines) is 1. The second kappa shape index (κ2) is 5.80. The van der Waals surface area contributed by atoms with E-state index in [-0.39, 0.29) is 0 Å². The van der Waals surface area contributed by atoms with Crippen molar-refractivity contribution in [2.45, 2.75) is 19.4 Å². The maximum atomic E-state index is 9.18. The molecule has 0 aromatic carbocycles. The molecule has 0 N–H and O–H groups in total. The van der Waals surface area contributed by atoms with Crippen molar-refractivity contribution in [3.8, 4) is 17.3 Å². The minimum atomic E-state index is 0.373. The zero-order valence-corrected chi connectivity index (χ0v) is 11.2. The smallest absolute Gasteiger partial charge is 0.190 e. The van der Waals surface area contributed by atoms with Gasteiger partial charge in [0.15, 0.2) is 5.69 Å². The van der Waals surface area contributed by atoms with Crippen molar-refractivity contribution in [1.29, 1.82) is 5.26 Å². The van der Waals surface area contributed by atoms with Crippen LogP contribution in [0.25, 0.3) is 11.3 Å². The highest BCUT2D eigenvalue weighted by molar-refractivity contribution is 5.64. The summed E-state index contributed by atoms with van der Waals surface area (Å²) in [7, 11) is 0. The fourth-order valence-corrected chi connectivity index (χ4v) is 2.58. The minimum Gasteiger partial charge on any atom is -0.301 e. The minimum absolute atomic E-state index is 0.373. The van der Waals surface area contributed by atoms with Gasteiger partial charge in [0.05, 0.1) is 6.54 Å². The van der Waals surface area contributed by atoms with E-state index < -0.39 is 0 Å². The van der Waals surface area contributed by atoms with E-state index >= 15 is 0 Å². The Hall–Kier alpha value is -2.26. The summed E-state index contributed by atoms with van der Waals surface area (Å²) in [4.78, 5) is 6.43. The highest BCUT2D eigenvalue weighted by Gasteiger charge is 2.16. The average Bonchev–Trinajstić information content (AvgIpc) is 3.15. The third-order valence-corrected chi connectivity index (χ3v) is 3.62. The van der Waals surface area contributed by atoms with Crippen LogP contribution in [0.4, 0.5) is 0 Å². The highest BCUT2D eigenvalue weighted by Crippen LogP contribution is 2.21. The first kappa shape index (κ1) is 12.8. The zero-order chi connectivity index (χ0) is 13.8. The van der Waals surface area contributed by atoms with Crippen molar-refractivity contribution in [2.75, 3.05) is 19.6 Å². The van der Waals surface area contributed by atoms with Gasteiger partial charge in [-0.2, -0.15) is 5.26 Å². The number of nitriles is 1. The first-order chi connectivity index (χ1) is 9.88. The molecule has 3 heterocycles. The van der Waals surface area contributed by atoms with Crippen LogP contribution >= 0.6 is 0 Å². The molecule has 0 spiro atoms. The summed E-state index contributed by atoms with van der Waals surface area (Å²) >= 11 is 0. The molecule has 0 amide bonds. The van der Waals surface area contributed by atoms with E-state index in [0.717, 1.165) is 37.4 Å². The molecule has 0 bridgehead atoms. The van der Waals surface area contributed by atoms with Crippen LogP contribution in [0, 0.1) is 11.3 Å². The van der Waals surface area contributed by atoms with Crippen LogP contribution in [-0.4, -0.2) is 44.5 Å². The molecule has 0 saturated carbocycles. The fraction of sp³-hybridized carbons (Fsp3) is 0.429. The van der Waals surface area contributed by atoms with Crippen molar-refractivity contribution in [2.24, 2.45) is 0 Å². The lowest BCUT2D eigenvalue weighted by atomic mass is 10.1. The van der Waals surface area contributed by atoms with E-state index in [9.17, 15) is 5.26 Å². The van der Waals surface area contributed by atoms with E-state index in [1.165, 1.54) is 12.8 Å². The summed E-state index contributed by atoms with van der Waals surface area (Å²) in [6.07, 6.45) is 5.98. The lowest BCUT2D eigenvalue weighted by Gasteiger charge is -2.15. The number of aromatic nitrogens is 4. The lowest BCUT2D eigenvalue weighted by Crippen LogP contribution is -2.24. The van der Waals surface area contributed by atoms with Gasteiger partial charge in [0, 0.05) is 24.5 Å². The lowest BCUT2D eigenvalue weighted by molar-refractivity contribution is 0.315. The molecule has 1 fully saturated rings. The summed E-state index contributed by atoms with van der Waals surface area (Å²) < 4.78 is 1.83. The van der Waals surface area contributed by atoms with Crippen LogP contribution in [0.2, 0.25) is 0 Å². The summed E-state index contributed by atoms with van der Waals surface area (Å²) in [5.74, 6) is 0. The third kappa shape index (κ3) is 2.53. The Morgan fingerprint density at radius 2 is 1.90 bits per heavy atom. The molecule has 0 radical (unpaired) electrons. The predicted octanol–water partition coefficient (Wildman–Crippen LogP) is 1.31. The number of pyridine rings is 1. The van der Waals surface area contributed by atoms with Gasteiger partial charge in [-0.15, -0.1) is 5.10 Å². The molecule has 3 rings (SSSR count). The zero-order valence-electron chi connectivity index (χ0n) is 11.2. The second-order valence-corrected chi connectivity index (χ2v) is 4.91. The number of nitrogens with zero attached hydrogens (tertiary/aromatic N) is 6. The molecule has 0 unspecified atom stereocenters. The molecule has 6 nitrogen and oxygen atoms in total. The summed E-state index contributed by atoms with van der Waals surface area (Å²) in [5, 5.41) is 17.3. The third-order valence-electron chi connectivity index (χ3n) is 3.62. The van der Waals surface area contributed by atoms with Crippen molar-refractivity contribution in [3.05, 3.63) is 30.2 Å². The van der Waals surface area contributed by atoms with Crippen LogP contribution in [-0.2, 0) is 6.54 Å². The maximum absolute atomic E-state index is 9.18. The number of hydrogen-bond donors (Lipinski definition) is 0. The maximum Gasteiger partial charge on any atom is 0.190 e. The predicted molar refractivity (Wildman–Crippen MR) is 73.6 cm³/mol. The molecule has 6 heteroatoms. The molecular weight excluding hydrogens is 252 g/mol. The monoisotopic (exact) mass is 268 g/mol. The number of hydrogen-bond acceptors (Lipinski definition) is 5. The molecule has 0 aliphatic carbocycles. The average molecular weight is 268 g/mol. The standard InChI is InChI=1S/C14H16N6/c15-11-13-14(12-3-5-16-6-4-12)20(18-17-13)10-9-19-7-1-2-8-19/h3-6H,1-2,7-10H2. The molecule has 1 aliphatic rings. The second-order valence-electron chi connectivity index (χ2n) is 4.91. The first-order valence-corrected chi connectivity index (χ1v) is 6.85. The van der Waals surface area contributed by atoms with Gasteiger partial charge in [0.2, 0.25) is 0 Å². The molecule has 1 saturated heterocycles. The topological polar surface area (TPSA) is 70.6 Å². The Bertz CT molecular complexity index is 606. The van der Waals surface area contributed by atoms with Gasteiger partial charge in [-0.3, -0.25) is 4.98 Å². The van der Waals surface area contributed by atoms with Crippen molar-refractivity contribution in [1.82, 2.24) is 24.9 Å². The summed E-state index contributed by atoms with van der Waals surface area (Å²) in [6.45, 7) is 4.02. The van der Waals surface area contributed by atoms with Gasteiger partial charge in [-0.25, -0.2) is 4.68 Å². The van der Waals surface area contributed by atoms with Gasteiger partial charge in [-0.05, 0) is 38.1 Å². The van der Waals surface area contributed by atoms with E-state index in [1.54, 1.807) is 12.4 Å². The largest absolute Gasteiger partial charge is 0.301 e. The van der Waals surface area contributed by atoms with Crippen molar-refractivity contribution in [3.63, 3.8) is 0 Å². The SMILES string of the molecule is N#Cc1nnn(CCN2CCCC2)c1-c1ccncc1. The van der Waals surface area contributed by atoms with Gasteiger partial charge >= 0.3 is 0 Å². The Labute approximate surface area is 117 Å². The molecule has 2 aromatic heterocycles. The van der Waals surface area contributed by atoms with Gasteiger partial charge < -0.3 is 4.90 Å². The molecule has 0 atom stereocenters. The van der Waals surface area contributed by atoms with Gasteiger partial charge in [-0.1, -0.05) is 5.21 Å². The Morgan fingerprint density at radius 1 is 1.15 bits per heavy atom. The van der Waals surface area contributed by atoms with Crippen LogP contribution in [0.15, 0.2) is 24.5 Å². The summed E-state index contributed by atoms with van der Waals surface area (Å²) in [6, 6.07) is 5.88.